The minimum Gasteiger partial charge on any atom is -0.463 e. The lowest BCUT2D eigenvalue weighted by molar-refractivity contribution is -0.716. The number of anilines is 1. The van der Waals surface area contributed by atoms with E-state index in [9.17, 15) is 14.9 Å². The van der Waals surface area contributed by atoms with Crippen molar-refractivity contribution in [3.8, 4) is 11.5 Å². The summed E-state index contributed by atoms with van der Waals surface area (Å²) >= 11 is 0. The summed E-state index contributed by atoms with van der Waals surface area (Å²) in [6, 6.07) is 6.19. The van der Waals surface area contributed by atoms with Crippen LogP contribution in [0.3, 0.4) is 0 Å². The Morgan fingerprint density at radius 1 is 1.43 bits per heavy atom. The van der Waals surface area contributed by atoms with Crippen molar-refractivity contribution in [2.24, 2.45) is 5.92 Å². The Bertz CT molecular complexity index is 679. The molecule has 8 nitrogen and oxygen atoms in total. The van der Waals surface area contributed by atoms with Crippen molar-refractivity contribution < 1.29 is 19.5 Å². The number of nitrogens with zero attached hydrogens (tertiary/aromatic N) is 2. The van der Waals surface area contributed by atoms with Gasteiger partial charge in [-0.15, -0.1) is 0 Å². The number of rotatable bonds is 4. The summed E-state index contributed by atoms with van der Waals surface area (Å²) in [4.78, 5) is 26.6. The monoisotopic (exact) mass is 289 g/mol. The minimum atomic E-state index is -0.568. The molecule has 21 heavy (non-hydrogen) atoms. The van der Waals surface area contributed by atoms with Gasteiger partial charge in [-0.1, -0.05) is 0 Å². The van der Waals surface area contributed by atoms with E-state index in [0.717, 1.165) is 0 Å². The van der Waals surface area contributed by atoms with Gasteiger partial charge in [-0.2, -0.15) is 0 Å². The first kappa shape index (κ1) is 13.3. The first-order valence-corrected chi connectivity index (χ1v) is 6.47. The third-order valence-corrected chi connectivity index (χ3v) is 3.36. The molecule has 0 spiro atoms. The number of furan rings is 1. The largest absolute Gasteiger partial charge is 0.463 e. The van der Waals surface area contributed by atoms with Crippen molar-refractivity contribution in [3.63, 3.8) is 0 Å². The highest BCUT2D eigenvalue weighted by Gasteiger charge is 2.31. The smallest absolute Gasteiger partial charge is 0.311 e. The van der Waals surface area contributed by atoms with Crippen LogP contribution in [0.4, 0.5) is 11.5 Å². The molecule has 1 aliphatic heterocycles. The van der Waals surface area contributed by atoms with E-state index in [1.165, 1.54) is 18.4 Å². The first-order valence-electron chi connectivity index (χ1n) is 6.47. The van der Waals surface area contributed by atoms with Gasteiger partial charge in [-0.3, -0.25) is 14.9 Å². The van der Waals surface area contributed by atoms with Crippen LogP contribution in [0.2, 0.25) is 0 Å². The third-order valence-electron chi connectivity index (χ3n) is 3.36. The van der Waals surface area contributed by atoms with Crippen LogP contribution in [-0.2, 0) is 4.79 Å². The molecule has 3 N–H and O–H groups in total. The number of pyridine rings is 1. The summed E-state index contributed by atoms with van der Waals surface area (Å²) < 4.78 is 5.21. The Kier molecular flexibility index (Phi) is 3.36. The summed E-state index contributed by atoms with van der Waals surface area (Å²) in [5.74, 6) is 0.0616. The summed E-state index contributed by atoms with van der Waals surface area (Å²) in [6.07, 6.45) is 1.49. The molecule has 1 amide bonds. The Morgan fingerprint density at radius 3 is 2.81 bits per heavy atom. The van der Waals surface area contributed by atoms with E-state index in [0.29, 0.717) is 24.5 Å². The fraction of sp³-hybridized carbons (Fsp3) is 0.231. The molecule has 2 aromatic rings. The molecule has 0 bridgehead atoms. The van der Waals surface area contributed by atoms with Crippen LogP contribution in [0.15, 0.2) is 34.9 Å². The van der Waals surface area contributed by atoms with Crippen molar-refractivity contribution in [1.82, 2.24) is 4.98 Å². The van der Waals surface area contributed by atoms with Crippen molar-refractivity contribution in [2.45, 2.75) is 0 Å². The molecular weight excluding hydrogens is 276 g/mol. The lowest BCUT2D eigenvalue weighted by atomic mass is 10.0. The number of hydrogen-bond acceptors (Lipinski definition) is 5. The zero-order valence-electron chi connectivity index (χ0n) is 11.0. The molecule has 1 aliphatic rings. The van der Waals surface area contributed by atoms with Gasteiger partial charge in [0.2, 0.25) is 11.7 Å². The molecule has 3 rings (SSSR count). The number of quaternary nitrogens is 1. The SMILES string of the molecule is O=C(Nc1nc(-c2ccco2)ccc1[N+](=O)[O-])C1C[NH2+]C1. The van der Waals surface area contributed by atoms with Gasteiger partial charge < -0.3 is 15.1 Å². The maximum absolute atomic E-state index is 12.0. The van der Waals surface area contributed by atoms with Gasteiger partial charge in [0.15, 0.2) is 5.76 Å². The number of amides is 1. The molecule has 0 unspecified atom stereocenters. The Labute approximate surface area is 119 Å². The molecule has 0 radical (unpaired) electrons. The van der Waals surface area contributed by atoms with Crippen molar-refractivity contribution in [3.05, 3.63) is 40.6 Å². The van der Waals surface area contributed by atoms with E-state index < -0.39 is 4.92 Å². The maximum atomic E-state index is 12.0. The average Bonchev–Trinajstić information content (AvgIpc) is 2.89. The van der Waals surface area contributed by atoms with Crippen LogP contribution in [0.1, 0.15) is 0 Å². The number of hydrogen-bond donors (Lipinski definition) is 2. The summed E-state index contributed by atoms with van der Waals surface area (Å²) in [5.41, 5.74) is 0.197. The molecule has 2 aromatic heterocycles. The third kappa shape index (κ3) is 2.61. The second-order valence-electron chi connectivity index (χ2n) is 4.74. The summed E-state index contributed by atoms with van der Waals surface area (Å²) in [7, 11) is 0. The number of nitrogens with one attached hydrogen (secondary N) is 1. The molecule has 1 fully saturated rings. The van der Waals surface area contributed by atoms with E-state index in [1.807, 2.05) is 5.32 Å². The number of carbonyl (C=O) groups excluding carboxylic acids is 1. The number of aromatic nitrogens is 1. The molecule has 0 aromatic carbocycles. The highest BCUT2D eigenvalue weighted by molar-refractivity contribution is 5.94. The van der Waals surface area contributed by atoms with E-state index >= 15 is 0 Å². The number of nitrogens with two attached hydrogens (primary N) is 1. The molecule has 1 saturated heterocycles. The molecule has 0 saturated carbocycles. The van der Waals surface area contributed by atoms with Crippen molar-refractivity contribution in [1.29, 1.82) is 0 Å². The zero-order valence-corrected chi connectivity index (χ0v) is 11.0. The lowest BCUT2D eigenvalue weighted by Crippen LogP contribution is -2.97. The fourth-order valence-electron chi connectivity index (χ4n) is 2.02. The van der Waals surface area contributed by atoms with Gasteiger partial charge in [0, 0.05) is 6.07 Å². The highest BCUT2D eigenvalue weighted by Crippen LogP contribution is 2.27. The quantitative estimate of drug-likeness (QED) is 0.623. The normalized spacial score (nSPS) is 14.5. The summed E-state index contributed by atoms with van der Waals surface area (Å²) in [6.45, 7) is 1.38. The summed E-state index contributed by atoms with van der Waals surface area (Å²) in [5, 5.41) is 15.6. The van der Waals surface area contributed by atoms with E-state index in [1.54, 1.807) is 12.1 Å². The molecular formula is C13H13N4O4+. The molecule has 108 valence electrons. The van der Waals surface area contributed by atoms with Gasteiger partial charge in [0.05, 0.1) is 24.3 Å². The Balaban J connectivity index is 1.92. The fourth-order valence-corrected chi connectivity index (χ4v) is 2.02. The van der Waals surface area contributed by atoms with E-state index in [-0.39, 0.29) is 23.3 Å². The van der Waals surface area contributed by atoms with Gasteiger partial charge >= 0.3 is 5.69 Å². The number of nitro groups is 1. The van der Waals surface area contributed by atoms with E-state index in [4.69, 9.17) is 4.42 Å². The topological polar surface area (TPSA) is 115 Å². The molecule has 0 atom stereocenters. The standard InChI is InChI=1S/C13H12N4O4/c18-13(8-6-14-7-8)16-12-10(17(19)20)4-3-9(15-12)11-2-1-5-21-11/h1-5,8,14H,6-7H2,(H,15,16,18)/p+1. The van der Waals surface area contributed by atoms with Crippen LogP contribution >= 0.6 is 0 Å². The second-order valence-corrected chi connectivity index (χ2v) is 4.74. The predicted molar refractivity (Wildman–Crippen MR) is 72.4 cm³/mol. The van der Waals surface area contributed by atoms with Gasteiger partial charge in [-0.25, -0.2) is 4.98 Å². The van der Waals surface area contributed by atoms with Crippen LogP contribution in [0.25, 0.3) is 11.5 Å². The Hall–Kier alpha value is -2.74. The van der Waals surface area contributed by atoms with Crippen LogP contribution in [-0.4, -0.2) is 28.9 Å². The number of carbonyl (C=O) groups is 1. The first-order chi connectivity index (χ1) is 10.1. The van der Waals surface area contributed by atoms with Crippen LogP contribution in [0, 0.1) is 16.0 Å². The van der Waals surface area contributed by atoms with Gasteiger partial charge in [0.1, 0.15) is 11.6 Å². The van der Waals surface area contributed by atoms with Crippen LogP contribution < -0.4 is 10.6 Å². The Morgan fingerprint density at radius 2 is 2.24 bits per heavy atom. The minimum absolute atomic E-state index is 0.0502. The zero-order chi connectivity index (χ0) is 14.8. The molecule has 3 heterocycles. The second kappa shape index (κ2) is 5.33. The van der Waals surface area contributed by atoms with Gasteiger partial charge in [0.25, 0.3) is 0 Å². The maximum Gasteiger partial charge on any atom is 0.311 e. The lowest BCUT2D eigenvalue weighted by Gasteiger charge is -2.21. The van der Waals surface area contributed by atoms with E-state index in [2.05, 4.69) is 10.3 Å². The average molecular weight is 289 g/mol. The van der Waals surface area contributed by atoms with Crippen molar-refractivity contribution >= 4 is 17.4 Å². The highest BCUT2D eigenvalue weighted by atomic mass is 16.6. The van der Waals surface area contributed by atoms with Gasteiger partial charge in [-0.05, 0) is 18.2 Å². The molecule has 0 aliphatic carbocycles. The van der Waals surface area contributed by atoms with Crippen LogP contribution in [0.5, 0.6) is 0 Å². The molecule has 8 heteroatoms. The predicted octanol–water partition coefficient (Wildman–Crippen LogP) is 0.381. The van der Waals surface area contributed by atoms with Crippen molar-refractivity contribution in [2.75, 3.05) is 18.4 Å².